The largest absolute Gasteiger partial charge is 0.462 e. The molecule has 0 aromatic carbocycles. The molecular formula is C70H128O6. The second-order valence-corrected chi connectivity index (χ2v) is 22.7. The van der Waals surface area contributed by atoms with E-state index >= 15 is 0 Å². The molecule has 0 heterocycles. The third-order valence-corrected chi connectivity index (χ3v) is 15.0. The van der Waals surface area contributed by atoms with E-state index in [0.717, 1.165) is 89.9 Å². The maximum atomic E-state index is 12.9. The van der Waals surface area contributed by atoms with Crippen LogP contribution in [-0.4, -0.2) is 37.2 Å². The Bertz CT molecular complexity index is 1310. The van der Waals surface area contributed by atoms with Gasteiger partial charge in [0, 0.05) is 19.3 Å². The van der Waals surface area contributed by atoms with E-state index in [4.69, 9.17) is 14.2 Å². The van der Waals surface area contributed by atoms with Gasteiger partial charge in [-0.05, 0) is 77.0 Å². The zero-order chi connectivity index (χ0) is 55.0. The van der Waals surface area contributed by atoms with Crippen LogP contribution in [0.3, 0.4) is 0 Å². The van der Waals surface area contributed by atoms with Crippen molar-refractivity contribution in [3.8, 4) is 0 Å². The third-order valence-electron chi connectivity index (χ3n) is 15.0. The first-order valence-corrected chi connectivity index (χ1v) is 33.6. The van der Waals surface area contributed by atoms with Gasteiger partial charge in [0.05, 0.1) is 0 Å². The van der Waals surface area contributed by atoms with Gasteiger partial charge in [0.1, 0.15) is 13.2 Å². The second-order valence-electron chi connectivity index (χ2n) is 22.7. The van der Waals surface area contributed by atoms with Gasteiger partial charge >= 0.3 is 17.9 Å². The summed E-state index contributed by atoms with van der Waals surface area (Å²) >= 11 is 0. The first kappa shape index (κ1) is 73.4. The highest BCUT2D eigenvalue weighted by Gasteiger charge is 2.19. The number of carbonyl (C=O) groups excluding carboxylic acids is 3. The number of rotatable bonds is 62. The highest BCUT2D eigenvalue weighted by atomic mass is 16.6. The molecule has 0 saturated carbocycles. The Kier molecular flexibility index (Phi) is 62.6. The zero-order valence-electron chi connectivity index (χ0n) is 51.0. The molecule has 0 saturated heterocycles. The number of unbranched alkanes of at least 4 members (excludes halogenated alkanes) is 43. The molecule has 1 unspecified atom stereocenters. The standard InChI is InChI=1S/C70H128O6/c1-4-7-10-13-16-19-22-24-26-28-30-32-33-34-35-36-37-39-40-42-44-46-48-51-54-57-60-63-69(72)75-66-67(65-74-68(71)62-59-56-53-50-21-18-15-12-9-6-3)76-70(73)64-61-58-55-52-49-47-45-43-41-38-31-29-27-25-23-20-17-14-11-8-5-2/h12,15,23,25,29,31,41,43,67H,4-11,13-14,16-22,24,26-28,30,32-40,42,44-66H2,1-3H3/b15-12-,25-23-,31-29-,43-41-. The predicted octanol–water partition coefficient (Wildman–Crippen LogP) is 22.9. The first-order chi connectivity index (χ1) is 37.5. The van der Waals surface area contributed by atoms with Crippen molar-refractivity contribution in [1.29, 1.82) is 0 Å². The van der Waals surface area contributed by atoms with Crippen LogP contribution < -0.4 is 0 Å². The van der Waals surface area contributed by atoms with Crippen molar-refractivity contribution in [2.24, 2.45) is 0 Å². The summed E-state index contributed by atoms with van der Waals surface area (Å²) in [5.41, 5.74) is 0. The number of ether oxygens (including phenoxy) is 3. The van der Waals surface area contributed by atoms with Crippen LogP contribution in [0.4, 0.5) is 0 Å². The van der Waals surface area contributed by atoms with Crippen LogP contribution in [0.15, 0.2) is 48.6 Å². The SMILES string of the molecule is CCC/C=C\CCCCCCCC(=O)OCC(COC(=O)CCCCCCCCCCCCCCCCCCCCCCCCCCCCC)OC(=O)CCCCCCCC/C=C\C/C=C\C/C=C\CCCCCCC. The van der Waals surface area contributed by atoms with Crippen molar-refractivity contribution in [2.75, 3.05) is 13.2 Å². The van der Waals surface area contributed by atoms with Crippen molar-refractivity contribution < 1.29 is 28.6 Å². The molecule has 0 N–H and O–H groups in total. The minimum Gasteiger partial charge on any atom is -0.462 e. The summed E-state index contributed by atoms with van der Waals surface area (Å²) in [6, 6.07) is 0. The second kappa shape index (κ2) is 64.9. The van der Waals surface area contributed by atoms with Gasteiger partial charge in [-0.25, -0.2) is 0 Å². The highest BCUT2D eigenvalue weighted by Crippen LogP contribution is 2.18. The quantitative estimate of drug-likeness (QED) is 0.0261. The van der Waals surface area contributed by atoms with Gasteiger partial charge in [0.25, 0.3) is 0 Å². The van der Waals surface area contributed by atoms with Crippen LogP contribution in [0.2, 0.25) is 0 Å². The predicted molar refractivity (Wildman–Crippen MR) is 330 cm³/mol. The molecular weight excluding hydrogens is 937 g/mol. The lowest BCUT2D eigenvalue weighted by molar-refractivity contribution is -0.167. The molecule has 0 aromatic rings. The van der Waals surface area contributed by atoms with Crippen molar-refractivity contribution in [1.82, 2.24) is 0 Å². The Hall–Kier alpha value is -2.63. The molecule has 0 spiro atoms. The summed E-state index contributed by atoms with van der Waals surface area (Å²) in [5, 5.41) is 0. The number of carbonyl (C=O) groups is 3. The summed E-state index contributed by atoms with van der Waals surface area (Å²) in [4.78, 5) is 38.2. The maximum Gasteiger partial charge on any atom is 0.306 e. The Labute approximate surface area is 473 Å². The van der Waals surface area contributed by atoms with E-state index in [0.29, 0.717) is 19.3 Å². The van der Waals surface area contributed by atoms with Gasteiger partial charge in [0.15, 0.2) is 6.10 Å². The van der Waals surface area contributed by atoms with Gasteiger partial charge in [-0.1, -0.05) is 313 Å². The van der Waals surface area contributed by atoms with Gasteiger partial charge < -0.3 is 14.2 Å². The van der Waals surface area contributed by atoms with Gasteiger partial charge in [-0.2, -0.15) is 0 Å². The monoisotopic (exact) mass is 1060 g/mol. The smallest absolute Gasteiger partial charge is 0.306 e. The molecule has 0 rings (SSSR count). The number of esters is 3. The Balaban J connectivity index is 4.18. The fourth-order valence-electron chi connectivity index (χ4n) is 9.99. The summed E-state index contributed by atoms with van der Waals surface area (Å²) < 4.78 is 16.9. The molecule has 6 nitrogen and oxygen atoms in total. The van der Waals surface area contributed by atoms with Crippen LogP contribution >= 0.6 is 0 Å². The minimum atomic E-state index is -0.782. The first-order valence-electron chi connectivity index (χ1n) is 33.6. The minimum absolute atomic E-state index is 0.0779. The van der Waals surface area contributed by atoms with Crippen molar-refractivity contribution >= 4 is 17.9 Å². The molecule has 0 aliphatic carbocycles. The topological polar surface area (TPSA) is 78.9 Å². The van der Waals surface area contributed by atoms with Crippen LogP contribution in [0.25, 0.3) is 0 Å². The average Bonchev–Trinajstić information content (AvgIpc) is 3.42. The van der Waals surface area contributed by atoms with Crippen LogP contribution in [0.5, 0.6) is 0 Å². The van der Waals surface area contributed by atoms with E-state index in [-0.39, 0.29) is 31.1 Å². The molecule has 0 aromatic heterocycles. The lowest BCUT2D eigenvalue weighted by Crippen LogP contribution is -2.30. The normalized spacial score (nSPS) is 12.3. The highest BCUT2D eigenvalue weighted by molar-refractivity contribution is 5.71. The number of hydrogen-bond donors (Lipinski definition) is 0. The molecule has 0 bridgehead atoms. The summed E-state index contributed by atoms with van der Waals surface area (Å²) in [6.07, 6.45) is 81.5. The van der Waals surface area contributed by atoms with Crippen molar-refractivity contribution in [3.63, 3.8) is 0 Å². The van der Waals surface area contributed by atoms with Crippen LogP contribution in [0.1, 0.15) is 361 Å². The molecule has 0 aliphatic rings. The van der Waals surface area contributed by atoms with E-state index in [2.05, 4.69) is 69.4 Å². The van der Waals surface area contributed by atoms with E-state index in [1.807, 2.05) is 0 Å². The summed E-state index contributed by atoms with van der Waals surface area (Å²) in [6.45, 7) is 6.60. The van der Waals surface area contributed by atoms with Crippen molar-refractivity contribution in [2.45, 2.75) is 367 Å². The van der Waals surface area contributed by atoms with E-state index < -0.39 is 6.10 Å². The molecule has 6 heteroatoms. The van der Waals surface area contributed by atoms with E-state index in [1.54, 1.807) is 0 Å². The van der Waals surface area contributed by atoms with Gasteiger partial charge in [-0.15, -0.1) is 0 Å². The molecule has 444 valence electrons. The molecule has 1 atom stereocenters. The summed E-state index contributed by atoms with van der Waals surface area (Å²) in [7, 11) is 0. The molecule has 0 amide bonds. The molecule has 0 aliphatic heterocycles. The number of hydrogen-bond acceptors (Lipinski definition) is 6. The van der Waals surface area contributed by atoms with E-state index in [9.17, 15) is 14.4 Å². The lowest BCUT2D eigenvalue weighted by Gasteiger charge is -2.18. The fraction of sp³-hybridized carbons (Fsp3) is 0.843. The fourth-order valence-corrected chi connectivity index (χ4v) is 9.99. The molecule has 0 radical (unpaired) electrons. The maximum absolute atomic E-state index is 12.9. The Morgan fingerprint density at radius 3 is 0.803 bits per heavy atom. The Morgan fingerprint density at radius 1 is 0.263 bits per heavy atom. The number of allylic oxidation sites excluding steroid dienone is 8. The molecule has 0 fully saturated rings. The average molecular weight is 1070 g/mol. The molecule has 76 heavy (non-hydrogen) atoms. The zero-order valence-corrected chi connectivity index (χ0v) is 51.0. The summed E-state index contributed by atoms with van der Waals surface area (Å²) in [5.74, 6) is -0.882. The van der Waals surface area contributed by atoms with Crippen LogP contribution in [-0.2, 0) is 28.6 Å². The lowest BCUT2D eigenvalue weighted by atomic mass is 10.0. The van der Waals surface area contributed by atoms with E-state index in [1.165, 1.54) is 231 Å². The van der Waals surface area contributed by atoms with Crippen molar-refractivity contribution in [3.05, 3.63) is 48.6 Å². The Morgan fingerprint density at radius 2 is 0.500 bits per heavy atom. The third kappa shape index (κ3) is 62.2. The van der Waals surface area contributed by atoms with Crippen LogP contribution in [0, 0.1) is 0 Å². The van der Waals surface area contributed by atoms with Gasteiger partial charge in [0.2, 0.25) is 0 Å². The van der Waals surface area contributed by atoms with Gasteiger partial charge in [-0.3, -0.25) is 14.4 Å².